The van der Waals surface area contributed by atoms with E-state index in [-0.39, 0.29) is 18.2 Å². The Morgan fingerprint density at radius 2 is 2.08 bits per heavy atom. The average Bonchev–Trinajstić information content (AvgIpc) is 2.65. The lowest BCUT2D eigenvalue weighted by Gasteiger charge is -2.12. The minimum Gasteiger partial charge on any atom is -0.452 e. The highest BCUT2D eigenvalue weighted by Gasteiger charge is 2.11. The van der Waals surface area contributed by atoms with Crippen LogP contribution in [0.4, 0.5) is 5.69 Å². The van der Waals surface area contributed by atoms with Crippen molar-refractivity contribution in [1.29, 1.82) is 0 Å². The van der Waals surface area contributed by atoms with Gasteiger partial charge >= 0.3 is 5.97 Å². The molecule has 1 N–H and O–H groups in total. The van der Waals surface area contributed by atoms with Crippen molar-refractivity contribution in [3.8, 4) is 0 Å². The zero-order chi connectivity index (χ0) is 18.8. The van der Waals surface area contributed by atoms with Crippen LogP contribution in [0, 0.1) is 10.1 Å². The molecule has 1 amide bonds. The summed E-state index contributed by atoms with van der Waals surface area (Å²) in [7, 11) is 0. The van der Waals surface area contributed by atoms with E-state index in [1.54, 1.807) is 12.1 Å². The van der Waals surface area contributed by atoms with Gasteiger partial charge in [0.05, 0.1) is 10.5 Å². The highest BCUT2D eigenvalue weighted by molar-refractivity contribution is 5.89. The number of nitro benzene ring substituents is 1. The van der Waals surface area contributed by atoms with Gasteiger partial charge in [0, 0.05) is 18.7 Å². The lowest BCUT2D eigenvalue weighted by Crippen LogP contribution is -2.29. The summed E-state index contributed by atoms with van der Waals surface area (Å²) in [5.41, 5.74) is 1.55. The Bertz CT molecular complexity index is 724. The minimum atomic E-state index is -0.728. The summed E-state index contributed by atoms with van der Waals surface area (Å²) < 4.78 is 4.85. The van der Waals surface area contributed by atoms with Gasteiger partial charge in [0.2, 0.25) is 0 Å². The molecule has 0 radical (unpaired) electrons. The van der Waals surface area contributed by atoms with Crippen molar-refractivity contribution in [2.75, 3.05) is 13.2 Å². The van der Waals surface area contributed by atoms with E-state index in [1.165, 1.54) is 36.6 Å². The maximum atomic E-state index is 11.7. The molecule has 138 valence electrons. The highest BCUT2D eigenvalue weighted by atomic mass is 16.6. The second-order valence-corrected chi connectivity index (χ2v) is 5.97. The number of hydrogen-bond acceptors (Lipinski definition) is 5. The summed E-state index contributed by atoms with van der Waals surface area (Å²) in [5.74, 6) is -1.10. The van der Waals surface area contributed by atoms with Crippen LogP contribution in [0.5, 0.6) is 0 Å². The molecule has 1 aromatic carbocycles. The molecule has 0 spiro atoms. The van der Waals surface area contributed by atoms with Crippen LogP contribution in [-0.4, -0.2) is 30.0 Å². The van der Waals surface area contributed by atoms with Gasteiger partial charge in [-0.05, 0) is 44.2 Å². The second-order valence-electron chi connectivity index (χ2n) is 5.97. The van der Waals surface area contributed by atoms with E-state index in [0.717, 1.165) is 25.3 Å². The second kappa shape index (κ2) is 10.1. The number of esters is 1. The van der Waals surface area contributed by atoms with Gasteiger partial charge in [-0.2, -0.15) is 0 Å². The topological polar surface area (TPSA) is 98.5 Å². The molecule has 1 aliphatic rings. The van der Waals surface area contributed by atoms with Crippen molar-refractivity contribution in [3.05, 3.63) is 57.7 Å². The van der Waals surface area contributed by atoms with E-state index >= 15 is 0 Å². The van der Waals surface area contributed by atoms with E-state index < -0.39 is 10.9 Å². The fourth-order valence-corrected chi connectivity index (χ4v) is 2.68. The smallest absolute Gasteiger partial charge is 0.331 e. The molecule has 0 atom stereocenters. The summed E-state index contributed by atoms with van der Waals surface area (Å²) in [6, 6.07) is 6.05. The lowest BCUT2D eigenvalue weighted by atomic mass is 9.97. The van der Waals surface area contributed by atoms with E-state index in [0.29, 0.717) is 12.1 Å². The van der Waals surface area contributed by atoms with Gasteiger partial charge in [-0.25, -0.2) is 4.79 Å². The molecule has 0 heterocycles. The number of benzene rings is 1. The van der Waals surface area contributed by atoms with Crippen LogP contribution in [0.15, 0.2) is 42.0 Å². The molecule has 0 unspecified atom stereocenters. The zero-order valence-corrected chi connectivity index (χ0v) is 14.5. The summed E-state index contributed by atoms with van der Waals surface area (Å²) in [6.07, 6.45) is 10.0. The molecule has 7 nitrogen and oxygen atoms in total. The largest absolute Gasteiger partial charge is 0.452 e. The van der Waals surface area contributed by atoms with Crippen LogP contribution in [-0.2, 0) is 14.3 Å². The fourth-order valence-electron chi connectivity index (χ4n) is 2.68. The fraction of sp³-hybridized carbons (Fsp3) is 0.368. The number of nitro groups is 1. The molecule has 0 saturated carbocycles. The molecule has 0 aromatic heterocycles. The third-order valence-electron chi connectivity index (χ3n) is 4.03. The molecule has 0 aliphatic heterocycles. The molecule has 0 bridgehead atoms. The van der Waals surface area contributed by atoms with Gasteiger partial charge in [-0.3, -0.25) is 14.9 Å². The summed E-state index contributed by atoms with van der Waals surface area (Å²) >= 11 is 0. The standard InChI is InChI=1S/C19H22N2O5/c22-18(20-13-12-15-6-2-1-3-7-15)14-26-19(23)11-10-16-8-4-5-9-17(16)21(24)25/h4-6,8-11H,1-3,7,12-14H2,(H,20,22)/b11-10+. The first-order valence-corrected chi connectivity index (χ1v) is 8.59. The first kappa shape index (κ1) is 19.4. The quantitative estimate of drug-likeness (QED) is 0.253. The normalized spacial score (nSPS) is 13.9. The molecule has 2 rings (SSSR count). The Labute approximate surface area is 151 Å². The van der Waals surface area contributed by atoms with Gasteiger partial charge in [0.25, 0.3) is 11.6 Å². The number of nitrogens with one attached hydrogen (secondary N) is 1. The van der Waals surface area contributed by atoms with E-state index in [9.17, 15) is 19.7 Å². The lowest BCUT2D eigenvalue weighted by molar-refractivity contribution is -0.385. The van der Waals surface area contributed by atoms with Crippen LogP contribution >= 0.6 is 0 Å². The van der Waals surface area contributed by atoms with Gasteiger partial charge in [-0.1, -0.05) is 23.8 Å². The van der Waals surface area contributed by atoms with Crippen LogP contribution in [0.3, 0.4) is 0 Å². The first-order chi connectivity index (χ1) is 12.6. The van der Waals surface area contributed by atoms with Crippen LogP contribution in [0.2, 0.25) is 0 Å². The molecule has 26 heavy (non-hydrogen) atoms. The highest BCUT2D eigenvalue weighted by Crippen LogP contribution is 2.20. The molecule has 7 heteroatoms. The third kappa shape index (κ3) is 6.51. The third-order valence-corrected chi connectivity index (χ3v) is 4.03. The number of para-hydroxylation sites is 1. The number of nitrogens with zero attached hydrogens (tertiary/aromatic N) is 1. The maximum Gasteiger partial charge on any atom is 0.331 e. The number of hydrogen-bond donors (Lipinski definition) is 1. The monoisotopic (exact) mass is 358 g/mol. The SMILES string of the molecule is O=C(COC(=O)/C=C/c1ccccc1[N+](=O)[O-])NCCC1=CCCCC1. The van der Waals surface area contributed by atoms with Gasteiger partial charge < -0.3 is 10.1 Å². The van der Waals surface area contributed by atoms with E-state index in [2.05, 4.69) is 11.4 Å². The Morgan fingerprint density at radius 1 is 1.27 bits per heavy atom. The predicted octanol–water partition coefficient (Wildman–Crippen LogP) is 3.16. The summed E-state index contributed by atoms with van der Waals surface area (Å²) in [6.45, 7) is 0.146. The number of carbonyl (C=O) groups excluding carboxylic acids is 2. The molecular formula is C19H22N2O5. The number of rotatable bonds is 8. The Balaban J connectivity index is 1.72. The maximum absolute atomic E-state index is 11.7. The van der Waals surface area contributed by atoms with Crippen molar-refractivity contribution in [1.82, 2.24) is 5.32 Å². The minimum absolute atomic E-state index is 0.105. The zero-order valence-electron chi connectivity index (χ0n) is 14.5. The van der Waals surface area contributed by atoms with Crippen molar-refractivity contribution < 1.29 is 19.2 Å². The van der Waals surface area contributed by atoms with E-state index in [4.69, 9.17) is 4.74 Å². The van der Waals surface area contributed by atoms with Crippen LogP contribution in [0.25, 0.3) is 6.08 Å². The number of allylic oxidation sites excluding steroid dienone is 1. The number of amides is 1. The molecule has 0 fully saturated rings. The average molecular weight is 358 g/mol. The van der Waals surface area contributed by atoms with Crippen LogP contribution in [0.1, 0.15) is 37.7 Å². The Morgan fingerprint density at radius 3 is 2.81 bits per heavy atom. The molecular weight excluding hydrogens is 336 g/mol. The van der Waals surface area contributed by atoms with Gasteiger partial charge in [0.1, 0.15) is 0 Å². The predicted molar refractivity (Wildman–Crippen MR) is 97.3 cm³/mol. The van der Waals surface area contributed by atoms with Crippen molar-refractivity contribution in [2.45, 2.75) is 32.1 Å². The van der Waals surface area contributed by atoms with Crippen LogP contribution < -0.4 is 5.32 Å². The first-order valence-electron chi connectivity index (χ1n) is 8.59. The Kier molecular flexibility index (Phi) is 7.54. The number of carbonyl (C=O) groups is 2. The van der Waals surface area contributed by atoms with Crippen molar-refractivity contribution in [3.63, 3.8) is 0 Å². The summed E-state index contributed by atoms with van der Waals surface area (Å²) in [4.78, 5) is 33.7. The van der Waals surface area contributed by atoms with Crippen molar-refractivity contribution >= 4 is 23.6 Å². The Hall–Kier alpha value is -2.96. The summed E-state index contributed by atoms with van der Waals surface area (Å²) in [5, 5.41) is 13.6. The number of ether oxygens (including phenoxy) is 1. The molecule has 1 aromatic rings. The van der Waals surface area contributed by atoms with Gasteiger partial charge in [-0.15, -0.1) is 0 Å². The van der Waals surface area contributed by atoms with Crippen molar-refractivity contribution in [2.24, 2.45) is 0 Å². The van der Waals surface area contributed by atoms with Gasteiger partial charge in [0.15, 0.2) is 6.61 Å². The van der Waals surface area contributed by atoms with E-state index in [1.807, 2.05) is 0 Å². The molecule has 1 aliphatic carbocycles. The molecule has 0 saturated heterocycles.